The maximum Gasteiger partial charge on any atom is 0.323 e. The number of rotatable bonds is 6. The average Bonchev–Trinajstić information content (AvgIpc) is 2.23. The maximum atomic E-state index is 11.9. The van der Waals surface area contributed by atoms with Gasteiger partial charge in [-0.1, -0.05) is 0 Å². The van der Waals surface area contributed by atoms with Crippen LogP contribution in [-0.4, -0.2) is 40.6 Å². The molecule has 0 bridgehead atoms. The van der Waals surface area contributed by atoms with Gasteiger partial charge >= 0.3 is 12.0 Å². The van der Waals surface area contributed by atoms with Crippen LogP contribution < -0.4 is 5.32 Å². The molecule has 102 valence electrons. The van der Waals surface area contributed by atoms with Crippen LogP contribution in [-0.2, 0) is 4.79 Å². The van der Waals surface area contributed by atoms with Crippen LogP contribution >= 0.6 is 0 Å². The Morgan fingerprint density at radius 2 is 1.94 bits per heavy atom. The molecule has 0 aromatic carbocycles. The lowest BCUT2D eigenvalue weighted by Crippen LogP contribution is -2.52. The molecule has 0 spiro atoms. The van der Waals surface area contributed by atoms with Crippen molar-refractivity contribution in [3.63, 3.8) is 0 Å². The van der Waals surface area contributed by atoms with Crippen LogP contribution in [0.2, 0.25) is 0 Å². The van der Waals surface area contributed by atoms with Crippen molar-refractivity contribution in [1.29, 1.82) is 0 Å². The van der Waals surface area contributed by atoms with E-state index in [-0.39, 0.29) is 12.6 Å². The second-order valence-electron chi connectivity index (χ2n) is 5.04. The quantitative estimate of drug-likeness (QED) is 0.559. The summed E-state index contributed by atoms with van der Waals surface area (Å²) < 4.78 is 0. The fourth-order valence-corrected chi connectivity index (χ4v) is 1.39. The molecule has 0 aliphatic carbocycles. The van der Waals surface area contributed by atoms with Gasteiger partial charge < -0.3 is 15.3 Å². The first kappa shape index (κ1) is 16.3. The van der Waals surface area contributed by atoms with Gasteiger partial charge in [-0.3, -0.25) is 4.79 Å². The molecule has 0 radical (unpaired) electrons. The van der Waals surface area contributed by atoms with Crippen molar-refractivity contribution in [3.05, 3.63) is 0 Å². The van der Waals surface area contributed by atoms with Gasteiger partial charge in [0, 0.05) is 18.5 Å². The Kier molecular flexibility index (Phi) is 6.88. The Balaban J connectivity index is 4.23. The highest BCUT2D eigenvalue weighted by atomic mass is 16.4. The highest BCUT2D eigenvalue weighted by Gasteiger charge is 2.27. The molecule has 0 aromatic rings. The number of hydrogen-bond donors (Lipinski definition) is 2. The molecule has 0 atom stereocenters. The molecular weight excluding hydrogens is 232 g/mol. The van der Waals surface area contributed by atoms with Gasteiger partial charge in [0.05, 0.1) is 0 Å². The number of carbonyl (C=O) groups is 2. The lowest BCUT2D eigenvalue weighted by atomic mass is 10.1. The fourth-order valence-electron chi connectivity index (χ4n) is 1.39. The Hall–Kier alpha value is -1.70. The minimum Gasteiger partial charge on any atom is -0.480 e. The van der Waals surface area contributed by atoms with E-state index in [2.05, 4.69) is 11.2 Å². The van der Waals surface area contributed by atoms with E-state index in [0.717, 1.165) is 12.8 Å². The third-order valence-electron chi connectivity index (χ3n) is 2.37. The van der Waals surface area contributed by atoms with Crippen molar-refractivity contribution >= 4 is 12.0 Å². The Labute approximate surface area is 109 Å². The number of urea groups is 1. The number of aliphatic carboxylic acids is 1. The lowest BCUT2D eigenvalue weighted by molar-refractivity contribution is -0.138. The smallest absolute Gasteiger partial charge is 0.323 e. The zero-order chi connectivity index (χ0) is 14.2. The third-order valence-corrected chi connectivity index (χ3v) is 2.37. The van der Waals surface area contributed by atoms with Crippen molar-refractivity contribution in [3.8, 4) is 12.3 Å². The standard InChI is InChI=1S/C13H22N2O3/c1-5-6-7-8-9-14-12(18)15(10-11(16)17)13(2,3)4/h1H,6-10H2,2-4H3,(H,14,18)(H,16,17). The molecule has 2 amide bonds. The number of amides is 2. The van der Waals surface area contributed by atoms with Gasteiger partial charge in [0.25, 0.3) is 0 Å². The molecule has 0 aliphatic rings. The number of terminal acetylenes is 1. The molecule has 2 N–H and O–H groups in total. The summed E-state index contributed by atoms with van der Waals surface area (Å²) in [5, 5.41) is 11.5. The summed E-state index contributed by atoms with van der Waals surface area (Å²) in [4.78, 5) is 23.9. The van der Waals surface area contributed by atoms with Crippen molar-refractivity contribution < 1.29 is 14.7 Å². The molecule has 5 nitrogen and oxygen atoms in total. The molecule has 0 aliphatic heterocycles. The predicted octanol–water partition coefficient (Wildman–Crippen LogP) is 1.68. The number of unbranched alkanes of at least 4 members (excludes halogenated alkanes) is 2. The SMILES string of the molecule is C#CCCCCNC(=O)N(CC(=O)O)C(C)(C)C. The summed E-state index contributed by atoms with van der Waals surface area (Å²) in [7, 11) is 0. The molecule has 0 rings (SSSR count). The maximum absolute atomic E-state index is 11.9. The molecule has 0 unspecified atom stereocenters. The van der Waals surface area contributed by atoms with Crippen molar-refractivity contribution in [2.45, 2.75) is 45.6 Å². The van der Waals surface area contributed by atoms with Gasteiger partial charge in [-0.2, -0.15) is 0 Å². The Morgan fingerprint density at radius 3 is 2.39 bits per heavy atom. The van der Waals surface area contributed by atoms with Gasteiger partial charge in [0.15, 0.2) is 0 Å². The lowest BCUT2D eigenvalue weighted by Gasteiger charge is -2.34. The fraction of sp³-hybridized carbons (Fsp3) is 0.692. The topological polar surface area (TPSA) is 69.6 Å². The number of hydrogen-bond acceptors (Lipinski definition) is 2. The molecule has 0 heterocycles. The van der Waals surface area contributed by atoms with E-state index in [1.807, 2.05) is 0 Å². The van der Waals surface area contributed by atoms with Crippen LogP contribution in [0.15, 0.2) is 0 Å². The van der Waals surface area contributed by atoms with E-state index < -0.39 is 11.5 Å². The van der Waals surface area contributed by atoms with E-state index in [1.54, 1.807) is 20.8 Å². The first-order valence-electron chi connectivity index (χ1n) is 5.99. The van der Waals surface area contributed by atoms with E-state index >= 15 is 0 Å². The number of carbonyl (C=O) groups excluding carboxylic acids is 1. The summed E-state index contributed by atoms with van der Waals surface area (Å²) >= 11 is 0. The van der Waals surface area contributed by atoms with Gasteiger partial charge in [0.1, 0.15) is 6.54 Å². The molecule has 5 heteroatoms. The third kappa shape index (κ3) is 6.79. The van der Waals surface area contributed by atoms with E-state index in [1.165, 1.54) is 4.90 Å². The van der Waals surface area contributed by atoms with E-state index in [9.17, 15) is 9.59 Å². The molecule has 18 heavy (non-hydrogen) atoms. The van der Waals surface area contributed by atoms with Gasteiger partial charge in [-0.15, -0.1) is 12.3 Å². The normalized spacial score (nSPS) is 10.6. The van der Waals surface area contributed by atoms with E-state index in [0.29, 0.717) is 13.0 Å². The van der Waals surface area contributed by atoms with Crippen LogP contribution in [0.4, 0.5) is 4.79 Å². The summed E-state index contributed by atoms with van der Waals surface area (Å²) in [6.07, 6.45) is 7.45. The van der Waals surface area contributed by atoms with Crippen LogP contribution in [0, 0.1) is 12.3 Å². The monoisotopic (exact) mass is 254 g/mol. The van der Waals surface area contributed by atoms with Gasteiger partial charge in [-0.05, 0) is 33.6 Å². The number of nitrogens with one attached hydrogen (secondary N) is 1. The second-order valence-corrected chi connectivity index (χ2v) is 5.04. The minimum absolute atomic E-state index is 0.306. The first-order valence-corrected chi connectivity index (χ1v) is 5.99. The first-order chi connectivity index (χ1) is 8.29. The molecule has 0 aromatic heterocycles. The van der Waals surface area contributed by atoms with Gasteiger partial charge in [-0.25, -0.2) is 4.79 Å². The van der Waals surface area contributed by atoms with Crippen LogP contribution in [0.3, 0.4) is 0 Å². The predicted molar refractivity (Wildman–Crippen MR) is 70.2 cm³/mol. The van der Waals surface area contributed by atoms with Crippen molar-refractivity contribution in [2.75, 3.05) is 13.1 Å². The highest BCUT2D eigenvalue weighted by Crippen LogP contribution is 2.12. The summed E-state index contributed by atoms with van der Waals surface area (Å²) in [5.41, 5.74) is -0.527. The summed E-state index contributed by atoms with van der Waals surface area (Å²) in [5.74, 6) is 1.51. The molecule has 0 fully saturated rings. The minimum atomic E-state index is -1.02. The van der Waals surface area contributed by atoms with Crippen molar-refractivity contribution in [1.82, 2.24) is 10.2 Å². The highest BCUT2D eigenvalue weighted by molar-refractivity contribution is 5.80. The zero-order valence-corrected chi connectivity index (χ0v) is 11.3. The zero-order valence-electron chi connectivity index (χ0n) is 11.3. The van der Waals surface area contributed by atoms with E-state index in [4.69, 9.17) is 11.5 Å². The largest absolute Gasteiger partial charge is 0.480 e. The second kappa shape index (κ2) is 7.59. The molecule has 0 saturated heterocycles. The Bertz CT molecular complexity index is 326. The number of carboxylic acids is 1. The van der Waals surface area contributed by atoms with Crippen molar-refractivity contribution in [2.24, 2.45) is 0 Å². The average molecular weight is 254 g/mol. The summed E-state index contributed by atoms with van der Waals surface area (Å²) in [6.45, 7) is 5.60. The van der Waals surface area contributed by atoms with Crippen LogP contribution in [0.25, 0.3) is 0 Å². The Morgan fingerprint density at radius 1 is 1.33 bits per heavy atom. The molecule has 0 saturated carbocycles. The van der Waals surface area contributed by atoms with Crippen LogP contribution in [0.1, 0.15) is 40.0 Å². The number of carboxylic acid groups (broad SMARTS) is 1. The summed E-state index contributed by atoms with van der Waals surface area (Å²) in [6, 6.07) is -0.356. The molecular formula is C13H22N2O3. The number of nitrogens with zero attached hydrogens (tertiary/aromatic N) is 1. The van der Waals surface area contributed by atoms with Crippen LogP contribution in [0.5, 0.6) is 0 Å². The van der Waals surface area contributed by atoms with Gasteiger partial charge in [0.2, 0.25) is 0 Å².